The molecule has 0 heterocycles. The molecule has 0 saturated heterocycles. The molecular weight excluding hydrogens is 412 g/mol. The van der Waals surface area contributed by atoms with Gasteiger partial charge in [-0.15, -0.1) is 0 Å². The molecule has 9 nitrogen and oxygen atoms in total. The Morgan fingerprint density at radius 2 is 1.44 bits per heavy atom. The van der Waals surface area contributed by atoms with Gasteiger partial charge in [0.15, 0.2) is 0 Å². The molecule has 0 aliphatic heterocycles. The predicted molar refractivity (Wildman–Crippen MR) is 121 cm³/mol. The molecule has 9 heteroatoms. The molecule has 32 heavy (non-hydrogen) atoms. The summed E-state index contributed by atoms with van der Waals surface area (Å²) in [5.74, 6) is -1.05. The van der Waals surface area contributed by atoms with E-state index in [2.05, 4.69) is 21.3 Å². The standard InChI is InChI=1S/C23H28N4O5/c1-23(2,3)32-22(31)24-13-12-19(28)26-17-10-7-11-18(14-17)27-20(29)15-25-21(30)16-8-5-4-6-9-16/h4-11,14H,12-13,15H2,1-3H3,(H,24,31)(H,25,30)(H,26,28)(H,27,29). The maximum atomic E-state index is 12.1. The maximum absolute atomic E-state index is 12.1. The van der Waals surface area contributed by atoms with Gasteiger partial charge in [0.05, 0.1) is 6.54 Å². The summed E-state index contributed by atoms with van der Waals surface area (Å²) >= 11 is 0. The zero-order valence-electron chi connectivity index (χ0n) is 18.4. The maximum Gasteiger partial charge on any atom is 0.407 e. The highest BCUT2D eigenvalue weighted by Crippen LogP contribution is 2.15. The molecule has 0 aliphatic carbocycles. The molecule has 2 rings (SSSR count). The zero-order chi connectivity index (χ0) is 23.6. The van der Waals surface area contributed by atoms with Crippen LogP contribution in [0, 0.1) is 0 Å². The van der Waals surface area contributed by atoms with E-state index < -0.39 is 17.6 Å². The molecule has 0 atom stereocenters. The lowest BCUT2D eigenvalue weighted by molar-refractivity contribution is -0.116. The summed E-state index contributed by atoms with van der Waals surface area (Å²) in [5.41, 5.74) is 0.805. The lowest BCUT2D eigenvalue weighted by Crippen LogP contribution is -2.34. The lowest BCUT2D eigenvalue weighted by atomic mass is 10.2. The van der Waals surface area contributed by atoms with Gasteiger partial charge >= 0.3 is 6.09 Å². The first-order valence-electron chi connectivity index (χ1n) is 10.1. The van der Waals surface area contributed by atoms with E-state index in [0.29, 0.717) is 16.9 Å². The number of carbonyl (C=O) groups is 4. The molecule has 0 bridgehead atoms. The van der Waals surface area contributed by atoms with E-state index >= 15 is 0 Å². The summed E-state index contributed by atoms with van der Waals surface area (Å²) < 4.78 is 5.10. The van der Waals surface area contributed by atoms with Crippen LogP contribution in [0.15, 0.2) is 54.6 Å². The summed E-state index contributed by atoms with van der Waals surface area (Å²) in [7, 11) is 0. The number of ether oxygens (including phenoxy) is 1. The molecule has 170 valence electrons. The van der Waals surface area contributed by atoms with Crippen molar-refractivity contribution in [3.63, 3.8) is 0 Å². The minimum atomic E-state index is -0.610. The van der Waals surface area contributed by atoms with Crippen molar-refractivity contribution in [2.24, 2.45) is 0 Å². The monoisotopic (exact) mass is 440 g/mol. The van der Waals surface area contributed by atoms with Gasteiger partial charge in [-0.05, 0) is 51.1 Å². The van der Waals surface area contributed by atoms with Crippen LogP contribution < -0.4 is 21.3 Å². The van der Waals surface area contributed by atoms with Crippen molar-refractivity contribution >= 4 is 35.2 Å². The van der Waals surface area contributed by atoms with Crippen LogP contribution in [-0.2, 0) is 14.3 Å². The average Bonchev–Trinajstić information content (AvgIpc) is 2.71. The number of anilines is 2. The second kappa shape index (κ2) is 11.5. The SMILES string of the molecule is CC(C)(C)OC(=O)NCCC(=O)Nc1cccc(NC(=O)CNC(=O)c2ccccc2)c1. The highest BCUT2D eigenvalue weighted by molar-refractivity contribution is 5.99. The molecule has 0 aromatic heterocycles. The molecule has 0 radical (unpaired) electrons. The van der Waals surface area contributed by atoms with Crippen LogP contribution in [0.4, 0.5) is 16.2 Å². The van der Waals surface area contributed by atoms with Crippen molar-refractivity contribution in [2.75, 3.05) is 23.7 Å². The van der Waals surface area contributed by atoms with E-state index in [9.17, 15) is 19.2 Å². The molecule has 0 aliphatic rings. The van der Waals surface area contributed by atoms with Gasteiger partial charge in [0, 0.05) is 29.9 Å². The molecular formula is C23H28N4O5. The zero-order valence-corrected chi connectivity index (χ0v) is 18.4. The summed E-state index contributed by atoms with van der Waals surface area (Å²) in [5, 5.41) is 10.4. The quantitative estimate of drug-likeness (QED) is 0.502. The molecule has 2 aromatic rings. The number of nitrogens with one attached hydrogen (secondary N) is 4. The minimum Gasteiger partial charge on any atom is -0.444 e. The highest BCUT2D eigenvalue weighted by atomic mass is 16.6. The number of alkyl carbamates (subject to hydrolysis) is 1. The molecule has 0 unspecified atom stereocenters. The largest absolute Gasteiger partial charge is 0.444 e. The van der Waals surface area contributed by atoms with Crippen molar-refractivity contribution in [3.8, 4) is 0 Å². The molecule has 0 saturated carbocycles. The molecule has 0 spiro atoms. The summed E-state index contributed by atoms with van der Waals surface area (Å²) in [6.45, 7) is 5.19. The minimum absolute atomic E-state index is 0.0569. The van der Waals surface area contributed by atoms with Crippen LogP contribution in [0.25, 0.3) is 0 Å². The number of hydrogen-bond acceptors (Lipinski definition) is 5. The first kappa shape index (κ1) is 24.4. The Morgan fingerprint density at radius 3 is 2.06 bits per heavy atom. The fourth-order valence-electron chi connectivity index (χ4n) is 2.55. The van der Waals surface area contributed by atoms with Crippen LogP contribution in [0.3, 0.4) is 0 Å². The summed E-state index contributed by atoms with van der Waals surface area (Å²) in [4.78, 5) is 47.8. The second-order valence-corrected chi connectivity index (χ2v) is 7.90. The van der Waals surface area contributed by atoms with Gasteiger partial charge in [0.25, 0.3) is 5.91 Å². The number of rotatable bonds is 8. The molecule has 4 amide bonds. The van der Waals surface area contributed by atoms with E-state index in [1.807, 2.05) is 0 Å². The number of amides is 4. The third-order valence-corrected chi connectivity index (χ3v) is 3.90. The van der Waals surface area contributed by atoms with Crippen molar-refractivity contribution in [1.29, 1.82) is 0 Å². The van der Waals surface area contributed by atoms with Crippen LogP contribution in [0.1, 0.15) is 37.6 Å². The molecule has 2 aromatic carbocycles. The number of benzene rings is 2. The Morgan fingerprint density at radius 1 is 0.812 bits per heavy atom. The van der Waals surface area contributed by atoms with Crippen molar-refractivity contribution < 1.29 is 23.9 Å². The second-order valence-electron chi connectivity index (χ2n) is 7.90. The van der Waals surface area contributed by atoms with E-state index in [4.69, 9.17) is 4.74 Å². The normalized spacial score (nSPS) is 10.6. The van der Waals surface area contributed by atoms with E-state index in [1.54, 1.807) is 75.4 Å². The van der Waals surface area contributed by atoms with Gasteiger partial charge in [-0.2, -0.15) is 0 Å². The van der Waals surface area contributed by atoms with E-state index in [-0.39, 0.29) is 31.3 Å². The van der Waals surface area contributed by atoms with Crippen molar-refractivity contribution in [3.05, 3.63) is 60.2 Å². The Bertz CT molecular complexity index is 954. The van der Waals surface area contributed by atoms with Crippen LogP contribution in [0.2, 0.25) is 0 Å². The smallest absolute Gasteiger partial charge is 0.407 e. The van der Waals surface area contributed by atoms with Gasteiger partial charge in [-0.25, -0.2) is 4.79 Å². The predicted octanol–water partition coefficient (Wildman–Crippen LogP) is 2.91. The molecule has 4 N–H and O–H groups in total. The van der Waals surface area contributed by atoms with Crippen LogP contribution in [0.5, 0.6) is 0 Å². The van der Waals surface area contributed by atoms with Gasteiger partial charge in [-0.1, -0.05) is 24.3 Å². The van der Waals surface area contributed by atoms with Crippen molar-refractivity contribution in [1.82, 2.24) is 10.6 Å². The van der Waals surface area contributed by atoms with Crippen LogP contribution >= 0.6 is 0 Å². The van der Waals surface area contributed by atoms with Gasteiger partial charge in [-0.3, -0.25) is 14.4 Å². The number of carbonyl (C=O) groups excluding carboxylic acids is 4. The van der Waals surface area contributed by atoms with Gasteiger partial charge in [0.2, 0.25) is 11.8 Å². The average molecular weight is 441 g/mol. The van der Waals surface area contributed by atoms with Gasteiger partial charge < -0.3 is 26.0 Å². The topological polar surface area (TPSA) is 126 Å². The Balaban J connectivity index is 1.76. The summed E-state index contributed by atoms with van der Waals surface area (Å²) in [6, 6.07) is 15.2. The van der Waals surface area contributed by atoms with E-state index in [0.717, 1.165) is 0 Å². The summed E-state index contributed by atoms with van der Waals surface area (Å²) in [6.07, 6.45) is -0.532. The first-order chi connectivity index (χ1) is 15.1. The third-order valence-electron chi connectivity index (χ3n) is 3.90. The Hall–Kier alpha value is -3.88. The molecule has 0 fully saturated rings. The van der Waals surface area contributed by atoms with Crippen LogP contribution in [-0.4, -0.2) is 42.5 Å². The first-order valence-corrected chi connectivity index (χ1v) is 10.1. The lowest BCUT2D eigenvalue weighted by Gasteiger charge is -2.19. The van der Waals surface area contributed by atoms with E-state index in [1.165, 1.54) is 0 Å². The number of hydrogen-bond donors (Lipinski definition) is 4. The fraction of sp³-hybridized carbons (Fsp3) is 0.304. The Labute approximate surface area is 186 Å². The Kier molecular flexibility index (Phi) is 8.76. The van der Waals surface area contributed by atoms with Gasteiger partial charge in [0.1, 0.15) is 5.60 Å². The van der Waals surface area contributed by atoms with Crippen molar-refractivity contribution in [2.45, 2.75) is 32.8 Å². The highest BCUT2D eigenvalue weighted by Gasteiger charge is 2.16. The fourth-order valence-corrected chi connectivity index (χ4v) is 2.55. The third kappa shape index (κ3) is 9.29.